The highest BCUT2D eigenvalue weighted by atomic mass is 35.6. The summed E-state index contributed by atoms with van der Waals surface area (Å²) in [5, 5.41) is -0.775. The summed E-state index contributed by atoms with van der Waals surface area (Å²) >= 11 is 27.4. The number of unbranched alkanes of at least 4 members (excludes halogenated alkanes) is 1. The van der Waals surface area contributed by atoms with Crippen LogP contribution in [0.15, 0.2) is 10.1 Å². The molecule has 15 heavy (non-hydrogen) atoms. The number of carbonyl (C=O) groups excluding carboxylic acids is 1. The standard InChI is InChI=1S/C8H9Cl5O2/c1-2-3-4-15-7(14)5(9)6(10)8(11,12)13/h2-4H2,1H3. The zero-order valence-electron chi connectivity index (χ0n) is 7.83. The van der Waals surface area contributed by atoms with E-state index in [-0.39, 0.29) is 11.6 Å². The van der Waals surface area contributed by atoms with Gasteiger partial charge in [-0.3, -0.25) is 0 Å². The Hall–Kier alpha value is 0.660. The van der Waals surface area contributed by atoms with Gasteiger partial charge in [-0.05, 0) is 6.42 Å². The van der Waals surface area contributed by atoms with Crippen LogP contribution < -0.4 is 0 Å². The van der Waals surface area contributed by atoms with Gasteiger partial charge in [-0.2, -0.15) is 0 Å². The Kier molecular flexibility index (Phi) is 7.39. The minimum Gasteiger partial charge on any atom is -0.461 e. The number of carbonyl (C=O) groups is 1. The Labute approximate surface area is 113 Å². The number of hydrogen-bond donors (Lipinski definition) is 0. The molecule has 0 unspecified atom stereocenters. The number of ether oxygens (including phenoxy) is 1. The fraction of sp³-hybridized carbons (Fsp3) is 0.625. The van der Waals surface area contributed by atoms with Crippen LogP contribution in [0.5, 0.6) is 0 Å². The van der Waals surface area contributed by atoms with Crippen LogP contribution >= 0.6 is 58.0 Å². The molecule has 0 aliphatic rings. The molecule has 0 heterocycles. The smallest absolute Gasteiger partial charge is 0.351 e. The maximum atomic E-state index is 11.2. The van der Waals surface area contributed by atoms with Crippen molar-refractivity contribution >= 4 is 64.0 Å². The third kappa shape index (κ3) is 6.08. The average Bonchev–Trinajstić information content (AvgIpc) is 2.14. The van der Waals surface area contributed by atoms with Gasteiger partial charge in [-0.1, -0.05) is 71.3 Å². The molecule has 0 bridgehead atoms. The molecule has 2 nitrogen and oxygen atoms in total. The highest BCUT2D eigenvalue weighted by molar-refractivity contribution is 6.74. The lowest BCUT2D eigenvalue weighted by atomic mass is 10.4. The summed E-state index contributed by atoms with van der Waals surface area (Å²) in [6, 6.07) is 0. The van der Waals surface area contributed by atoms with E-state index in [1.54, 1.807) is 0 Å². The molecule has 0 saturated heterocycles. The van der Waals surface area contributed by atoms with Crippen molar-refractivity contribution in [1.29, 1.82) is 0 Å². The molecule has 0 aromatic heterocycles. The molecule has 0 fully saturated rings. The van der Waals surface area contributed by atoms with Crippen molar-refractivity contribution in [3.63, 3.8) is 0 Å². The van der Waals surface area contributed by atoms with Gasteiger partial charge in [-0.25, -0.2) is 4.79 Å². The average molecular weight is 314 g/mol. The van der Waals surface area contributed by atoms with E-state index in [1.807, 2.05) is 6.92 Å². The van der Waals surface area contributed by atoms with Gasteiger partial charge < -0.3 is 4.74 Å². The van der Waals surface area contributed by atoms with Crippen LogP contribution in [0.25, 0.3) is 0 Å². The number of rotatable bonds is 4. The molecule has 0 aliphatic carbocycles. The van der Waals surface area contributed by atoms with Gasteiger partial charge in [-0.15, -0.1) is 0 Å². The summed E-state index contributed by atoms with van der Waals surface area (Å²) in [6.45, 7) is 2.22. The van der Waals surface area contributed by atoms with Gasteiger partial charge in [0.25, 0.3) is 0 Å². The van der Waals surface area contributed by atoms with Crippen molar-refractivity contribution < 1.29 is 9.53 Å². The van der Waals surface area contributed by atoms with Crippen LogP contribution in [-0.2, 0) is 9.53 Å². The fourth-order valence-corrected chi connectivity index (χ4v) is 1.29. The van der Waals surface area contributed by atoms with Gasteiger partial charge in [0, 0.05) is 0 Å². The zero-order valence-corrected chi connectivity index (χ0v) is 11.6. The minimum absolute atomic E-state index is 0.260. The first-order chi connectivity index (χ1) is 6.80. The van der Waals surface area contributed by atoms with Crippen molar-refractivity contribution in [2.75, 3.05) is 6.61 Å². The predicted molar refractivity (Wildman–Crippen MR) is 64.9 cm³/mol. The highest BCUT2D eigenvalue weighted by Gasteiger charge is 2.30. The summed E-state index contributed by atoms with van der Waals surface area (Å²) in [6.07, 6.45) is 1.63. The molecule has 0 aliphatic heterocycles. The van der Waals surface area contributed by atoms with Gasteiger partial charge in [0.15, 0.2) is 0 Å². The van der Waals surface area contributed by atoms with Crippen molar-refractivity contribution in [1.82, 2.24) is 0 Å². The Morgan fingerprint density at radius 2 is 1.80 bits per heavy atom. The number of allylic oxidation sites excluding steroid dienone is 1. The van der Waals surface area contributed by atoms with Crippen LogP contribution in [0.3, 0.4) is 0 Å². The Balaban J connectivity index is 4.43. The second-order valence-corrected chi connectivity index (χ2v) is 5.65. The summed E-state index contributed by atoms with van der Waals surface area (Å²) in [7, 11) is 0. The number of halogens is 5. The second-order valence-electron chi connectivity index (χ2n) is 2.62. The van der Waals surface area contributed by atoms with Gasteiger partial charge >= 0.3 is 5.97 Å². The molecule has 0 aromatic rings. The second kappa shape index (κ2) is 7.08. The first kappa shape index (κ1) is 15.7. The van der Waals surface area contributed by atoms with Crippen molar-refractivity contribution in [2.45, 2.75) is 23.6 Å². The van der Waals surface area contributed by atoms with E-state index in [4.69, 9.17) is 62.7 Å². The molecule has 88 valence electrons. The maximum absolute atomic E-state index is 11.2. The molecular weight excluding hydrogens is 305 g/mol. The lowest BCUT2D eigenvalue weighted by molar-refractivity contribution is -0.138. The first-order valence-electron chi connectivity index (χ1n) is 4.10. The summed E-state index contributed by atoms with van der Waals surface area (Å²) < 4.78 is 2.86. The Morgan fingerprint density at radius 1 is 1.27 bits per heavy atom. The lowest BCUT2D eigenvalue weighted by Gasteiger charge is -2.11. The van der Waals surface area contributed by atoms with Crippen molar-refractivity contribution in [3.8, 4) is 0 Å². The summed E-state index contributed by atoms with van der Waals surface area (Å²) in [5.74, 6) is -0.790. The molecule has 0 radical (unpaired) electrons. The van der Waals surface area contributed by atoms with E-state index >= 15 is 0 Å². The summed E-state index contributed by atoms with van der Waals surface area (Å²) in [5.41, 5.74) is 0. The molecule has 0 saturated carbocycles. The quantitative estimate of drug-likeness (QED) is 0.333. The highest BCUT2D eigenvalue weighted by Crippen LogP contribution is 2.40. The number of alkyl halides is 3. The van der Waals surface area contributed by atoms with E-state index in [0.29, 0.717) is 0 Å². The largest absolute Gasteiger partial charge is 0.461 e. The monoisotopic (exact) mass is 312 g/mol. The van der Waals surface area contributed by atoms with Crippen molar-refractivity contribution in [3.05, 3.63) is 10.1 Å². The van der Waals surface area contributed by atoms with Gasteiger partial charge in [0.05, 0.1) is 11.6 Å². The molecule has 0 aromatic carbocycles. The van der Waals surface area contributed by atoms with E-state index in [2.05, 4.69) is 0 Å². The van der Waals surface area contributed by atoms with Crippen LogP contribution in [0.2, 0.25) is 0 Å². The first-order valence-corrected chi connectivity index (χ1v) is 5.99. The predicted octanol–water partition coefficient (Wildman–Crippen LogP) is 4.39. The molecule has 0 amide bonds. The SMILES string of the molecule is CCCCOC(=O)C(Cl)=C(Cl)C(Cl)(Cl)Cl. The van der Waals surface area contributed by atoms with Gasteiger partial charge in [0.2, 0.25) is 3.79 Å². The van der Waals surface area contributed by atoms with Crippen LogP contribution in [-0.4, -0.2) is 16.4 Å². The summed E-state index contributed by atoms with van der Waals surface area (Å²) in [4.78, 5) is 11.2. The van der Waals surface area contributed by atoms with E-state index in [1.165, 1.54) is 0 Å². The molecule has 7 heteroatoms. The fourth-order valence-electron chi connectivity index (χ4n) is 0.587. The Morgan fingerprint density at radius 3 is 2.20 bits per heavy atom. The number of esters is 1. The molecule has 0 N–H and O–H groups in total. The molecule has 0 rings (SSSR count). The van der Waals surface area contributed by atoms with Gasteiger partial charge in [0.1, 0.15) is 5.03 Å². The minimum atomic E-state index is -1.91. The van der Waals surface area contributed by atoms with Crippen LogP contribution in [0.4, 0.5) is 0 Å². The molecule has 0 spiro atoms. The molecular formula is C8H9Cl5O2. The van der Waals surface area contributed by atoms with Crippen molar-refractivity contribution in [2.24, 2.45) is 0 Å². The van der Waals surface area contributed by atoms with Crippen LogP contribution in [0.1, 0.15) is 19.8 Å². The zero-order chi connectivity index (χ0) is 12.1. The normalized spacial score (nSPS) is 13.5. The van der Waals surface area contributed by atoms with Crippen LogP contribution in [0, 0.1) is 0 Å². The third-order valence-corrected chi connectivity index (χ3v) is 3.12. The Bertz CT molecular complexity index is 256. The maximum Gasteiger partial charge on any atom is 0.351 e. The lowest BCUT2D eigenvalue weighted by Crippen LogP contribution is -2.12. The third-order valence-electron chi connectivity index (χ3n) is 1.35. The number of hydrogen-bond acceptors (Lipinski definition) is 2. The molecule has 0 atom stereocenters. The van der Waals surface area contributed by atoms with E-state index in [9.17, 15) is 4.79 Å². The topological polar surface area (TPSA) is 26.3 Å². The van der Waals surface area contributed by atoms with E-state index in [0.717, 1.165) is 12.8 Å². The van der Waals surface area contributed by atoms with E-state index < -0.39 is 14.8 Å².